The third-order valence-electron chi connectivity index (χ3n) is 1.44. The molecule has 72 valence electrons. The summed E-state index contributed by atoms with van der Waals surface area (Å²) in [5, 5.41) is 15.2. The number of rotatable bonds is 3. The zero-order chi connectivity index (χ0) is 10.1. The van der Waals surface area contributed by atoms with Gasteiger partial charge < -0.3 is 5.73 Å². The molecular weight excluding hydrogens is 186 g/mol. The second kappa shape index (κ2) is 3.05. The molecule has 0 fully saturated rings. The molecule has 0 aliphatic rings. The van der Waals surface area contributed by atoms with Gasteiger partial charge >= 0.3 is 11.6 Å². The summed E-state index contributed by atoms with van der Waals surface area (Å²) in [6, 6.07) is 0. The molecule has 6 nitrogen and oxygen atoms in total. The maximum Gasteiger partial charge on any atom is 0.316 e. The number of nitrogens with two attached hydrogens (primary N) is 1. The molecule has 13 heavy (non-hydrogen) atoms. The summed E-state index contributed by atoms with van der Waals surface area (Å²) in [6.45, 7) is -1.00. The van der Waals surface area contributed by atoms with Gasteiger partial charge in [-0.3, -0.25) is 15.2 Å². The van der Waals surface area contributed by atoms with Gasteiger partial charge in [0.25, 0.3) is 0 Å². The van der Waals surface area contributed by atoms with E-state index in [0.29, 0.717) is 0 Å². The SMILES string of the molecule is NCC(F)(F)c1[nH]ncc1[N+](=O)[O-]. The minimum absolute atomic E-state index is 0.721. The zero-order valence-electron chi connectivity index (χ0n) is 6.33. The van der Waals surface area contributed by atoms with E-state index in [1.54, 1.807) is 0 Å². The van der Waals surface area contributed by atoms with Crippen molar-refractivity contribution < 1.29 is 13.7 Å². The van der Waals surface area contributed by atoms with Crippen LogP contribution < -0.4 is 5.73 Å². The van der Waals surface area contributed by atoms with Crippen LogP contribution in [-0.4, -0.2) is 21.7 Å². The highest BCUT2D eigenvalue weighted by Crippen LogP contribution is 2.31. The number of alkyl halides is 2. The van der Waals surface area contributed by atoms with Crippen molar-refractivity contribution in [1.82, 2.24) is 10.2 Å². The highest BCUT2D eigenvalue weighted by atomic mass is 19.3. The predicted molar refractivity (Wildman–Crippen MR) is 38.2 cm³/mol. The first-order chi connectivity index (χ1) is 5.99. The number of nitrogens with one attached hydrogen (secondary N) is 1. The van der Waals surface area contributed by atoms with Gasteiger partial charge in [-0.2, -0.15) is 13.9 Å². The second-order valence-electron chi connectivity index (χ2n) is 2.30. The Morgan fingerprint density at radius 2 is 2.38 bits per heavy atom. The first-order valence-corrected chi connectivity index (χ1v) is 3.25. The van der Waals surface area contributed by atoms with Crippen LogP contribution in [0.25, 0.3) is 0 Å². The van der Waals surface area contributed by atoms with Gasteiger partial charge in [-0.1, -0.05) is 0 Å². The van der Waals surface area contributed by atoms with Crippen LogP contribution >= 0.6 is 0 Å². The Balaban J connectivity index is 3.14. The Morgan fingerprint density at radius 3 is 2.85 bits per heavy atom. The molecular formula is C5H6F2N4O2. The molecule has 3 N–H and O–H groups in total. The summed E-state index contributed by atoms with van der Waals surface area (Å²) < 4.78 is 25.7. The molecule has 1 rings (SSSR count). The number of nitrogens with zero attached hydrogens (tertiary/aromatic N) is 2. The highest BCUT2D eigenvalue weighted by Gasteiger charge is 2.39. The van der Waals surface area contributed by atoms with E-state index in [2.05, 4.69) is 5.10 Å². The predicted octanol–water partition coefficient (Wildman–Crippen LogP) is 0.368. The molecule has 0 saturated heterocycles. The van der Waals surface area contributed by atoms with E-state index >= 15 is 0 Å². The van der Waals surface area contributed by atoms with Crippen LogP contribution in [0.2, 0.25) is 0 Å². The molecule has 0 bridgehead atoms. The van der Waals surface area contributed by atoms with Gasteiger partial charge in [0.15, 0.2) is 5.69 Å². The molecule has 8 heteroatoms. The number of H-pyrrole nitrogens is 1. The highest BCUT2D eigenvalue weighted by molar-refractivity contribution is 5.35. The van der Waals surface area contributed by atoms with Crippen molar-refractivity contribution >= 4 is 5.69 Å². The average Bonchev–Trinajstić information content (AvgIpc) is 2.52. The van der Waals surface area contributed by atoms with Crippen molar-refractivity contribution in [3.05, 3.63) is 22.0 Å². The molecule has 1 aromatic heterocycles. The first-order valence-electron chi connectivity index (χ1n) is 3.25. The van der Waals surface area contributed by atoms with E-state index in [0.717, 1.165) is 6.20 Å². The van der Waals surface area contributed by atoms with E-state index in [4.69, 9.17) is 5.73 Å². The summed E-state index contributed by atoms with van der Waals surface area (Å²) >= 11 is 0. The Hall–Kier alpha value is -1.57. The van der Waals surface area contributed by atoms with E-state index < -0.39 is 28.8 Å². The van der Waals surface area contributed by atoms with Crippen LogP contribution in [0.15, 0.2) is 6.20 Å². The summed E-state index contributed by atoms with van der Waals surface area (Å²) in [7, 11) is 0. The lowest BCUT2D eigenvalue weighted by molar-refractivity contribution is -0.387. The molecule has 1 aromatic rings. The van der Waals surface area contributed by atoms with Crippen molar-refractivity contribution in [2.45, 2.75) is 5.92 Å². The monoisotopic (exact) mass is 192 g/mol. The number of hydrogen-bond acceptors (Lipinski definition) is 4. The normalized spacial score (nSPS) is 11.6. The number of aromatic amines is 1. The van der Waals surface area contributed by atoms with Gasteiger partial charge in [0.1, 0.15) is 6.20 Å². The van der Waals surface area contributed by atoms with Crippen LogP contribution in [0, 0.1) is 10.1 Å². The second-order valence-corrected chi connectivity index (χ2v) is 2.30. The maximum absolute atomic E-state index is 12.8. The average molecular weight is 192 g/mol. The van der Waals surface area contributed by atoms with Crippen LogP contribution in [0.1, 0.15) is 5.69 Å². The first kappa shape index (κ1) is 9.52. The Bertz CT molecular complexity index is 324. The maximum atomic E-state index is 12.8. The van der Waals surface area contributed by atoms with Gasteiger partial charge in [-0.15, -0.1) is 0 Å². The third-order valence-corrected chi connectivity index (χ3v) is 1.44. The molecule has 0 unspecified atom stereocenters. The summed E-state index contributed by atoms with van der Waals surface area (Å²) in [5.74, 6) is -3.45. The molecule has 0 atom stereocenters. The molecule has 0 aromatic carbocycles. The Kier molecular flexibility index (Phi) is 2.24. The lowest BCUT2D eigenvalue weighted by atomic mass is 10.2. The van der Waals surface area contributed by atoms with Gasteiger partial charge in [-0.25, -0.2) is 0 Å². The minimum atomic E-state index is -3.45. The van der Waals surface area contributed by atoms with Crippen LogP contribution in [-0.2, 0) is 5.92 Å². The standard InChI is InChI=1S/C5H6F2N4O2/c6-5(7,2-8)4-3(11(12)13)1-9-10-4/h1H,2,8H2,(H,9,10). The topological polar surface area (TPSA) is 97.8 Å². The fourth-order valence-corrected chi connectivity index (χ4v) is 0.789. The number of nitro groups is 1. The molecule has 0 aliphatic heterocycles. The van der Waals surface area contributed by atoms with Gasteiger partial charge in [0, 0.05) is 0 Å². The number of hydrogen-bond donors (Lipinski definition) is 2. The zero-order valence-corrected chi connectivity index (χ0v) is 6.33. The minimum Gasteiger partial charge on any atom is -0.325 e. The van der Waals surface area contributed by atoms with E-state index in [9.17, 15) is 18.9 Å². The Labute approximate surface area is 70.9 Å². The van der Waals surface area contributed by atoms with Crippen molar-refractivity contribution in [3.8, 4) is 0 Å². The van der Waals surface area contributed by atoms with Crippen molar-refractivity contribution in [2.24, 2.45) is 5.73 Å². The number of halogens is 2. The molecule has 0 radical (unpaired) electrons. The fourth-order valence-electron chi connectivity index (χ4n) is 0.789. The molecule has 0 saturated carbocycles. The third kappa shape index (κ3) is 1.61. The van der Waals surface area contributed by atoms with Crippen molar-refractivity contribution in [3.63, 3.8) is 0 Å². The van der Waals surface area contributed by atoms with Gasteiger partial charge in [-0.05, 0) is 0 Å². The summed E-state index contributed by atoms with van der Waals surface area (Å²) in [6.07, 6.45) is 0.721. The smallest absolute Gasteiger partial charge is 0.316 e. The van der Waals surface area contributed by atoms with E-state index in [-0.39, 0.29) is 0 Å². The van der Waals surface area contributed by atoms with Crippen LogP contribution in [0.3, 0.4) is 0 Å². The quantitative estimate of drug-likeness (QED) is 0.533. The lowest BCUT2D eigenvalue weighted by Gasteiger charge is -2.09. The molecule has 1 heterocycles. The largest absolute Gasteiger partial charge is 0.325 e. The van der Waals surface area contributed by atoms with Crippen LogP contribution in [0.4, 0.5) is 14.5 Å². The van der Waals surface area contributed by atoms with Gasteiger partial charge in [0.2, 0.25) is 0 Å². The van der Waals surface area contributed by atoms with Crippen molar-refractivity contribution in [1.29, 1.82) is 0 Å². The van der Waals surface area contributed by atoms with Crippen molar-refractivity contribution in [2.75, 3.05) is 6.54 Å². The lowest BCUT2D eigenvalue weighted by Crippen LogP contribution is -2.26. The Morgan fingerprint density at radius 1 is 1.77 bits per heavy atom. The summed E-state index contributed by atoms with van der Waals surface area (Å²) in [5.41, 5.74) is 3.13. The van der Waals surface area contributed by atoms with E-state index in [1.807, 2.05) is 5.10 Å². The molecule has 0 spiro atoms. The van der Waals surface area contributed by atoms with E-state index in [1.165, 1.54) is 0 Å². The fraction of sp³-hybridized carbons (Fsp3) is 0.400. The summed E-state index contributed by atoms with van der Waals surface area (Å²) in [4.78, 5) is 9.27. The van der Waals surface area contributed by atoms with Crippen LogP contribution in [0.5, 0.6) is 0 Å². The number of aromatic nitrogens is 2. The molecule has 0 amide bonds. The molecule has 0 aliphatic carbocycles. The van der Waals surface area contributed by atoms with Gasteiger partial charge in [0.05, 0.1) is 11.5 Å².